The number of ether oxygens (including phenoxy) is 1. The number of hydrogen-bond acceptors (Lipinski definition) is 4. The average Bonchev–Trinajstić information content (AvgIpc) is 1.95. The summed E-state index contributed by atoms with van der Waals surface area (Å²) in [6, 6.07) is 0. The Kier molecular flexibility index (Phi) is 4.15. The van der Waals surface area contributed by atoms with Gasteiger partial charge >= 0.3 is 6.09 Å². The zero-order chi connectivity index (χ0) is 13.0. The third-order valence-electron chi connectivity index (χ3n) is 0.920. The standard InChI is InChI=1S/C9H17NO3S/c1-7(11)14-6-5-10-8(12)13-9(2,3)4/h5-6H2,1-4H3,(H,10,12)/i6D2. The molecule has 0 aliphatic carbocycles. The molecule has 0 aromatic heterocycles. The molecule has 82 valence electrons. The van der Waals surface area contributed by atoms with E-state index in [1.165, 1.54) is 6.92 Å². The van der Waals surface area contributed by atoms with E-state index in [-0.39, 0.29) is 11.7 Å². The molecule has 0 radical (unpaired) electrons. The van der Waals surface area contributed by atoms with Gasteiger partial charge in [0, 0.05) is 21.9 Å². The smallest absolute Gasteiger partial charge is 0.407 e. The first-order valence-electron chi connectivity index (χ1n) is 5.18. The number of alkyl carbamates (subject to hydrolysis) is 1. The highest BCUT2D eigenvalue weighted by Gasteiger charge is 2.15. The van der Waals surface area contributed by atoms with E-state index in [0.717, 1.165) is 0 Å². The molecule has 0 heterocycles. The van der Waals surface area contributed by atoms with Crippen LogP contribution in [0.5, 0.6) is 0 Å². The summed E-state index contributed by atoms with van der Waals surface area (Å²) in [5, 5.41) is 1.94. The average molecular weight is 221 g/mol. The predicted molar refractivity (Wildman–Crippen MR) is 57.4 cm³/mol. The predicted octanol–water partition coefficient (Wildman–Crippen LogP) is 1.79. The molecule has 0 saturated heterocycles. The summed E-state index contributed by atoms with van der Waals surface area (Å²) >= 11 is 0.541. The molecule has 0 aromatic carbocycles. The van der Waals surface area contributed by atoms with Crippen LogP contribution in [0.25, 0.3) is 0 Å². The summed E-state index contributed by atoms with van der Waals surface area (Å²) in [6.45, 7) is 6.14. The van der Waals surface area contributed by atoms with Crippen molar-refractivity contribution in [2.24, 2.45) is 0 Å². The second kappa shape index (κ2) is 5.90. The molecule has 0 saturated carbocycles. The minimum Gasteiger partial charge on any atom is -0.444 e. The molecule has 0 atom stereocenters. The van der Waals surface area contributed by atoms with Crippen LogP contribution in [0, 0.1) is 0 Å². The molecule has 14 heavy (non-hydrogen) atoms. The second-order valence-electron chi connectivity index (χ2n) is 3.59. The largest absolute Gasteiger partial charge is 0.444 e. The molecule has 0 fully saturated rings. The number of amides is 1. The highest BCUT2D eigenvalue weighted by molar-refractivity contribution is 8.13. The van der Waals surface area contributed by atoms with Crippen LogP contribution in [0.4, 0.5) is 4.79 Å². The zero-order valence-corrected chi connectivity index (χ0v) is 9.66. The number of thioether (sulfide) groups is 1. The van der Waals surface area contributed by atoms with Crippen LogP contribution in [0.15, 0.2) is 0 Å². The van der Waals surface area contributed by atoms with Gasteiger partial charge in [-0.2, -0.15) is 0 Å². The second-order valence-corrected chi connectivity index (χ2v) is 4.66. The maximum Gasteiger partial charge on any atom is 0.407 e. The van der Waals surface area contributed by atoms with Crippen LogP contribution < -0.4 is 5.32 Å². The summed E-state index contributed by atoms with van der Waals surface area (Å²) in [5.41, 5.74) is -2.44. The summed E-state index contributed by atoms with van der Waals surface area (Å²) in [5.74, 6) is 0. The Labute approximate surface area is 91.6 Å². The number of hydrogen-bond donors (Lipinski definition) is 1. The third-order valence-corrected chi connectivity index (χ3v) is 1.50. The van der Waals surface area contributed by atoms with E-state index in [2.05, 4.69) is 5.32 Å². The zero-order valence-electron chi connectivity index (χ0n) is 10.8. The fourth-order valence-corrected chi connectivity index (χ4v) is 0.908. The van der Waals surface area contributed by atoms with Crippen molar-refractivity contribution in [2.45, 2.75) is 33.3 Å². The van der Waals surface area contributed by atoms with E-state index in [0.29, 0.717) is 11.8 Å². The van der Waals surface area contributed by atoms with Crippen molar-refractivity contribution in [3.8, 4) is 0 Å². The van der Waals surface area contributed by atoms with E-state index in [1.54, 1.807) is 20.8 Å². The Morgan fingerprint density at radius 3 is 2.50 bits per heavy atom. The molecule has 0 aromatic rings. The number of carbonyl (C=O) groups excluding carboxylic acids is 2. The van der Waals surface area contributed by atoms with Crippen molar-refractivity contribution in [3.05, 3.63) is 0 Å². The number of rotatable bonds is 3. The molecule has 4 nitrogen and oxygen atoms in total. The number of carbonyl (C=O) groups is 2. The van der Waals surface area contributed by atoms with Crippen LogP contribution in [0.3, 0.4) is 0 Å². The van der Waals surface area contributed by atoms with Crippen molar-refractivity contribution in [3.63, 3.8) is 0 Å². The maximum absolute atomic E-state index is 11.2. The van der Waals surface area contributed by atoms with Crippen LogP contribution in [0.2, 0.25) is 0 Å². The van der Waals surface area contributed by atoms with Crippen molar-refractivity contribution in [1.82, 2.24) is 5.32 Å². The lowest BCUT2D eigenvalue weighted by Gasteiger charge is -2.19. The highest BCUT2D eigenvalue weighted by atomic mass is 32.2. The van der Waals surface area contributed by atoms with Crippen molar-refractivity contribution < 1.29 is 17.1 Å². The molecule has 5 heteroatoms. The lowest BCUT2D eigenvalue weighted by molar-refractivity contribution is -0.109. The van der Waals surface area contributed by atoms with Crippen molar-refractivity contribution in [1.29, 1.82) is 0 Å². The molecule has 0 unspecified atom stereocenters. The summed E-state index contributed by atoms with van der Waals surface area (Å²) in [7, 11) is 0. The van der Waals surface area contributed by atoms with Gasteiger partial charge in [0.2, 0.25) is 0 Å². The van der Waals surface area contributed by atoms with Crippen LogP contribution in [-0.2, 0) is 9.53 Å². The molecule has 0 spiro atoms. The molecular weight excluding hydrogens is 202 g/mol. The quantitative estimate of drug-likeness (QED) is 0.789. The van der Waals surface area contributed by atoms with Gasteiger partial charge in [-0.15, -0.1) is 0 Å². The fourth-order valence-electron chi connectivity index (χ4n) is 0.560. The Morgan fingerprint density at radius 2 is 2.07 bits per heavy atom. The normalized spacial score (nSPS) is 14.0. The van der Waals surface area contributed by atoms with E-state index >= 15 is 0 Å². The monoisotopic (exact) mass is 221 g/mol. The van der Waals surface area contributed by atoms with Gasteiger partial charge in [0.25, 0.3) is 0 Å². The van der Waals surface area contributed by atoms with Gasteiger partial charge in [-0.3, -0.25) is 4.79 Å². The minimum absolute atomic E-state index is 0.272. The van der Waals surface area contributed by atoms with Gasteiger partial charge in [-0.25, -0.2) is 4.79 Å². The van der Waals surface area contributed by atoms with E-state index in [1.807, 2.05) is 0 Å². The topological polar surface area (TPSA) is 55.4 Å². The lowest BCUT2D eigenvalue weighted by atomic mass is 10.2. The molecular formula is C9H17NO3S. The third kappa shape index (κ3) is 9.38. The van der Waals surface area contributed by atoms with E-state index < -0.39 is 17.4 Å². The Hall–Kier alpha value is -0.710. The molecule has 1 N–H and O–H groups in total. The first-order valence-corrected chi connectivity index (χ1v) is 5.00. The number of nitrogens with one attached hydrogen (secondary N) is 1. The molecule has 0 aliphatic heterocycles. The van der Waals surface area contributed by atoms with E-state index in [4.69, 9.17) is 7.48 Å². The van der Waals surface area contributed by atoms with Crippen LogP contribution >= 0.6 is 11.8 Å². The molecule has 0 aliphatic rings. The fraction of sp³-hybridized carbons (Fsp3) is 0.778. The van der Waals surface area contributed by atoms with Gasteiger partial charge in [0.1, 0.15) is 5.60 Å². The van der Waals surface area contributed by atoms with Gasteiger partial charge in [0.05, 0.1) is 0 Å². The molecule has 0 bridgehead atoms. The SMILES string of the molecule is [2H]C([2H])(CNC(=O)OC(C)(C)C)SC(C)=O. The highest BCUT2D eigenvalue weighted by Crippen LogP contribution is 2.06. The summed E-state index contributed by atoms with van der Waals surface area (Å²) < 4.78 is 19.8. The van der Waals surface area contributed by atoms with Gasteiger partial charge in [-0.05, 0) is 20.8 Å². The first kappa shape index (κ1) is 9.83. The van der Waals surface area contributed by atoms with Crippen molar-refractivity contribution in [2.75, 3.05) is 12.2 Å². The first-order chi connectivity index (χ1) is 7.02. The van der Waals surface area contributed by atoms with Crippen LogP contribution in [0.1, 0.15) is 30.4 Å². The van der Waals surface area contributed by atoms with Gasteiger partial charge in [-0.1, -0.05) is 11.8 Å². The van der Waals surface area contributed by atoms with Gasteiger partial charge in [0.15, 0.2) is 5.12 Å². The molecule has 1 amide bonds. The van der Waals surface area contributed by atoms with Crippen molar-refractivity contribution >= 4 is 23.0 Å². The van der Waals surface area contributed by atoms with E-state index in [9.17, 15) is 9.59 Å². The van der Waals surface area contributed by atoms with Crippen LogP contribution in [-0.4, -0.2) is 29.1 Å². The Morgan fingerprint density at radius 1 is 1.50 bits per heavy atom. The maximum atomic E-state index is 11.2. The summed E-state index contributed by atoms with van der Waals surface area (Å²) in [6.07, 6.45) is -0.694. The summed E-state index contributed by atoms with van der Waals surface area (Å²) in [4.78, 5) is 21.9. The Bertz CT molecular complexity index is 276. The van der Waals surface area contributed by atoms with Gasteiger partial charge < -0.3 is 10.1 Å². The lowest BCUT2D eigenvalue weighted by Crippen LogP contribution is -2.33. The molecule has 0 rings (SSSR count). The Balaban J connectivity index is 4.05. The minimum atomic E-state index is -1.82.